The summed E-state index contributed by atoms with van der Waals surface area (Å²) in [5.74, 6) is 0. The number of aliphatic imine (C=N–C) groups is 1. The van der Waals surface area contributed by atoms with E-state index in [4.69, 9.17) is 28.2 Å². The van der Waals surface area contributed by atoms with Crippen molar-refractivity contribution in [2.75, 3.05) is 0 Å². The maximum Gasteiger partial charge on any atom is 0.280 e. The number of rotatable bonds is 4. The van der Waals surface area contributed by atoms with Crippen molar-refractivity contribution in [1.29, 1.82) is 0 Å². The van der Waals surface area contributed by atoms with Gasteiger partial charge in [-0.25, -0.2) is 8.78 Å². The van der Waals surface area contributed by atoms with E-state index in [1.807, 2.05) is 25.1 Å². The number of pyridine rings is 1. The molecule has 1 atom stereocenters. The van der Waals surface area contributed by atoms with Gasteiger partial charge < -0.3 is 0 Å². The highest BCUT2D eigenvalue weighted by Gasteiger charge is 2.31. The lowest BCUT2D eigenvalue weighted by Crippen LogP contribution is -2.32. The normalized spacial score (nSPS) is 19.1. The Morgan fingerprint density at radius 3 is 2.69 bits per heavy atom. The van der Waals surface area contributed by atoms with Gasteiger partial charge in [-0.1, -0.05) is 53.5 Å². The first-order valence-corrected chi connectivity index (χ1v) is 8.99. The molecule has 1 aromatic heterocycles. The van der Waals surface area contributed by atoms with E-state index in [1.165, 1.54) is 6.20 Å². The van der Waals surface area contributed by atoms with Crippen molar-refractivity contribution >= 4 is 28.9 Å². The predicted octanol–water partition coefficient (Wildman–Crippen LogP) is 6.19. The van der Waals surface area contributed by atoms with Gasteiger partial charge in [-0.15, -0.1) is 0 Å². The molecule has 1 aromatic carbocycles. The van der Waals surface area contributed by atoms with E-state index in [0.717, 1.165) is 28.8 Å². The molecule has 0 aliphatic carbocycles. The van der Waals surface area contributed by atoms with Crippen molar-refractivity contribution in [3.8, 4) is 0 Å². The summed E-state index contributed by atoms with van der Waals surface area (Å²) in [6.07, 6.45) is 1.94. The Labute approximate surface area is 161 Å². The second-order valence-electron chi connectivity index (χ2n) is 6.72. The van der Waals surface area contributed by atoms with E-state index in [-0.39, 0.29) is 10.2 Å². The molecule has 0 bridgehead atoms. The Morgan fingerprint density at radius 2 is 2.04 bits per heavy atom. The fraction of sp³-hybridized carbons (Fsp3) is 0.300. The quantitative estimate of drug-likeness (QED) is 0.606. The molecular formula is C20H18Cl2F2N2. The highest BCUT2D eigenvalue weighted by atomic mass is 35.5. The first-order valence-electron chi connectivity index (χ1n) is 8.23. The maximum absolute atomic E-state index is 13.0. The number of nitrogens with zero attached hydrogens (tertiary/aromatic N) is 2. The molecule has 3 rings (SSSR count). The summed E-state index contributed by atoms with van der Waals surface area (Å²) in [4.78, 5) is 8.90. The Morgan fingerprint density at radius 1 is 1.31 bits per heavy atom. The van der Waals surface area contributed by atoms with E-state index >= 15 is 0 Å². The van der Waals surface area contributed by atoms with Gasteiger partial charge >= 0.3 is 0 Å². The van der Waals surface area contributed by atoms with Crippen LogP contribution in [0.4, 0.5) is 8.78 Å². The molecule has 0 spiro atoms. The average molecular weight is 395 g/mol. The molecule has 1 aliphatic heterocycles. The zero-order chi connectivity index (χ0) is 18.9. The third-order valence-corrected chi connectivity index (χ3v) is 4.83. The van der Waals surface area contributed by atoms with Gasteiger partial charge in [0.25, 0.3) is 6.43 Å². The highest BCUT2D eigenvalue weighted by molar-refractivity contribution is 6.55. The molecule has 0 N–H and O–H groups in total. The van der Waals surface area contributed by atoms with Crippen LogP contribution < -0.4 is 0 Å². The van der Waals surface area contributed by atoms with E-state index in [0.29, 0.717) is 12.0 Å². The first kappa shape index (κ1) is 19.0. The molecule has 0 radical (unpaired) electrons. The average Bonchev–Trinajstić information content (AvgIpc) is 2.59. The van der Waals surface area contributed by atoms with Crippen LogP contribution in [-0.4, -0.2) is 16.2 Å². The molecule has 0 fully saturated rings. The summed E-state index contributed by atoms with van der Waals surface area (Å²) in [5.41, 5.74) is 3.46. The summed E-state index contributed by atoms with van der Waals surface area (Å²) >= 11 is 11.6. The van der Waals surface area contributed by atoms with Gasteiger partial charge in [-0.2, -0.15) is 0 Å². The SMILES string of the molecule is Cc1cc(C2=NC(C)(CC=C(Cl)Cl)Cc3ccccc32)cnc1C(F)F. The molecule has 0 saturated heterocycles. The van der Waals surface area contributed by atoms with Crippen LogP contribution in [0, 0.1) is 6.92 Å². The Kier molecular flexibility index (Phi) is 5.44. The topological polar surface area (TPSA) is 25.2 Å². The van der Waals surface area contributed by atoms with Crippen molar-refractivity contribution in [3.05, 3.63) is 75.0 Å². The summed E-state index contributed by atoms with van der Waals surface area (Å²) in [6, 6.07) is 9.70. The third kappa shape index (κ3) is 3.97. The molecule has 26 heavy (non-hydrogen) atoms. The fourth-order valence-electron chi connectivity index (χ4n) is 3.26. The highest BCUT2D eigenvalue weighted by Crippen LogP contribution is 2.33. The number of hydrogen-bond acceptors (Lipinski definition) is 2. The van der Waals surface area contributed by atoms with Gasteiger partial charge in [-0.05, 0) is 43.9 Å². The molecule has 6 heteroatoms. The van der Waals surface area contributed by atoms with Crippen LogP contribution in [0.15, 0.2) is 52.1 Å². The monoisotopic (exact) mass is 394 g/mol. The van der Waals surface area contributed by atoms with Gasteiger partial charge in [0.15, 0.2) is 0 Å². The second-order valence-corrected chi connectivity index (χ2v) is 7.72. The van der Waals surface area contributed by atoms with Crippen LogP contribution in [0.2, 0.25) is 0 Å². The van der Waals surface area contributed by atoms with Gasteiger partial charge in [0.05, 0.1) is 11.3 Å². The number of aryl methyl sites for hydroxylation is 1. The van der Waals surface area contributed by atoms with E-state index in [2.05, 4.69) is 11.1 Å². The zero-order valence-corrected chi connectivity index (χ0v) is 16.0. The smallest absolute Gasteiger partial charge is 0.277 e. The van der Waals surface area contributed by atoms with Crippen molar-refractivity contribution in [3.63, 3.8) is 0 Å². The van der Waals surface area contributed by atoms with Gasteiger partial charge in [0.1, 0.15) is 10.2 Å². The van der Waals surface area contributed by atoms with Crippen molar-refractivity contribution < 1.29 is 8.78 Å². The maximum atomic E-state index is 13.0. The van der Waals surface area contributed by atoms with Crippen LogP contribution in [0.3, 0.4) is 0 Å². The van der Waals surface area contributed by atoms with Gasteiger partial charge in [-0.3, -0.25) is 9.98 Å². The summed E-state index contributed by atoms with van der Waals surface area (Å²) in [5, 5.41) is 0. The Bertz CT molecular complexity index is 889. The molecule has 1 unspecified atom stereocenters. The number of hydrogen-bond donors (Lipinski definition) is 0. The molecular weight excluding hydrogens is 377 g/mol. The minimum absolute atomic E-state index is 0.196. The number of halogens is 4. The Balaban J connectivity index is 2.11. The van der Waals surface area contributed by atoms with E-state index in [9.17, 15) is 8.78 Å². The molecule has 136 valence electrons. The van der Waals surface area contributed by atoms with Gasteiger partial charge in [0.2, 0.25) is 0 Å². The van der Waals surface area contributed by atoms with Crippen LogP contribution in [0.25, 0.3) is 0 Å². The predicted molar refractivity (Wildman–Crippen MR) is 103 cm³/mol. The fourth-order valence-corrected chi connectivity index (χ4v) is 3.42. The molecule has 1 aliphatic rings. The molecule has 0 amide bonds. The van der Waals surface area contributed by atoms with Crippen LogP contribution in [0.1, 0.15) is 47.7 Å². The minimum Gasteiger partial charge on any atom is -0.277 e. The van der Waals surface area contributed by atoms with Crippen molar-refractivity contribution in [2.45, 2.75) is 38.7 Å². The van der Waals surface area contributed by atoms with E-state index < -0.39 is 12.0 Å². The van der Waals surface area contributed by atoms with Crippen molar-refractivity contribution in [2.24, 2.45) is 4.99 Å². The molecule has 2 heterocycles. The van der Waals surface area contributed by atoms with Crippen LogP contribution in [0.5, 0.6) is 0 Å². The number of aromatic nitrogens is 1. The molecule has 2 nitrogen and oxygen atoms in total. The Hall–Kier alpha value is -1.78. The van der Waals surface area contributed by atoms with Crippen LogP contribution >= 0.6 is 23.2 Å². The number of benzene rings is 1. The third-order valence-electron chi connectivity index (χ3n) is 4.52. The zero-order valence-electron chi connectivity index (χ0n) is 14.4. The van der Waals surface area contributed by atoms with Crippen molar-refractivity contribution in [1.82, 2.24) is 4.98 Å². The summed E-state index contributed by atoms with van der Waals surface area (Å²) in [7, 11) is 0. The largest absolute Gasteiger partial charge is 0.280 e. The molecule has 0 saturated carbocycles. The van der Waals surface area contributed by atoms with E-state index in [1.54, 1.807) is 19.1 Å². The lowest BCUT2D eigenvalue weighted by atomic mass is 9.82. The summed E-state index contributed by atoms with van der Waals surface area (Å²) in [6.45, 7) is 3.67. The lowest BCUT2D eigenvalue weighted by molar-refractivity contribution is 0.145. The second kappa shape index (κ2) is 7.45. The number of alkyl halides is 2. The lowest BCUT2D eigenvalue weighted by Gasteiger charge is -2.32. The van der Waals surface area contributed by atoms with Crippen LogP contribution in [-0.2, 0) is 6.42 Å². The first-order chi connectivity index (χ1) is 12.3. The molecule has 2 aromatic rings. The van der Waals surface area contributed by atoms with Gasteiger partial charge in [0, 0.05) is 17.3 Å². The minimum atomic E-state index is -2.59. The summed E-state index contributed by atoms with van der Waals surface area (Å²) < 4.78 is 26.2. The standard InChI is InChI=1S/C20H18Cl2F2N2/c1-12-9-14(11-25-17(12)19(23)24)18-15-6-4-3-5-13(15)10-20(2,26-18)8-7-16(21)22/h3-7,9,11,19H,8,10H2,1-2H3. The number of fused-ring (bicyclic) bond motifs is 1.